The predicted octanol–water partition coefficient (Wildman–Crippen LogP) is 4.12. The van der Waals surface area contributed by atoms with Gasteiger partial charge >= 0.3 is 5.97 Å². The summed E-state index contributed by atoms with van der Waals surface area (Å²) in [6, 6.07) is 11.0. The SMILES string of the molecule is CCOC(=O)C1CCN(C(=O)[C@@H]2c3ccccc3C(=O)N3CCc4cc(OCC)c(OCC)cc4[C@H]23)CC1. The summed E-state index contributed by atoms with van der Waals surface area (Å²) in [5, 5.41) is 0. The van der Waals surface area contributed by atoms with Crippen LogP contribution in [0.3, 0.4) is 0 Å². The van der Waals surface area contributed by atoms with E-state index >= 15 is 0 Å². The summed E-state index contributed by atoms with van der Waals surface area (Å²) in [6.07, 6.45) is 1.84. The minimum atomic E-state index is -0.547. The van der Waals surface area contributed by atoms with E-state index < -0.39 is 12.0 Å². The summed E-state index contributed by atoms with van der Waals surface area (Å²) in [5.41, 5.74) is 3.36. The van der Waals surface area contributed by atoms with Gasteiger partial charge in [-0.2, -0.15) is 0 Å². The molecule has 0 N–H and O–H groups in total. The molecular formula is C30H36N2O6. The Balaban J connectivity index is 1.54. The molecule has 0 unspecified atom stereocenters. The maximum Gasteiger partial charge on any atom is 0.309 e. The van der Waals surface area contributed by atoms with Crippen LogP contribution < -0.4 is 9.47 Å². The third-order valence-corrected chi connectivity index (χ3v) is 7.88. The lowest BCUT2D eigenvalue weighted by Gasteiger charge is -2.47. The van der Waals surface area contributed by atoms with Crippen LogP contribution in [0.2, 0.25) is 0 Å². The maximum atomic E-state index is 14.3. The number of likely N-dealkylation sites (tertiary alicyclic amines) is 1. The van der Waals surface area contributed by atoms with Gasteiger partial charge in [-0.05, 0) is 74.9 Å². The second-order valence-electron chi connectivity index (χ2n) is 9.97. The Morgan fingerprint density at radius 1 is 0.895 bits per heavy atom. The van der Waals surface area contributed by atoms with Gasteiger partial charge in [0.05, 0.1) is 37.7 Å². The predicted molar refractivity (Wildman–Crippen MR) is 141 cm³/mol. The van der Waals surface area contributed by atoms with Crippen molar-refractivity contribution in [3.8, 4) is 11.5 Å². The van der Waals surface area contributed by atoms with Gasteiger partial charge in [-0.3, -0.25) is 14.4 Å². The van der Waals surface area contributed by atoms with Crippen molar-refractivity contribution in [1.29, 1.82) is 0 Å². The zero-order valence-corrected chi connectivity index (χ0v) is 22.4. The van der Waals surface area contributed by atoms with E-state index in [1.54, 1.807) is 6.92 Å². The average molecular weight is 521 g/mol. The van der Waals surface area contributed by atoms with Crippen LogP contribution in [0.1, 0.15) is 72.6 Å². The van der Waals surface area contributed by atoms with Gasteiger partial charge in [-0.1, -0.05) is 18.2 Å². The molecule has 2 aromatic carbocycles. The highest BCUT2D eigenvalue weighted by atomic mass is 16.5. The zero-order valence-electron chi connectivity index (χ0n) is 22.4. The second-order valence-corrected chi connectivity index (χ2v) is 9.97. The first-order valence-electron chi connectivity index (χ1n) is 13.8. The fourth-order valence-corrected chi connectivity index (χ4v) is 6.13. The zero-order chi connectivity index (χ0) is 26.8. The van der Waals surface area contributed by atoms with E-state index in [9.17, 15) is 14.4 Å². The van der Waals surface area contributed by atoms with Crippen LogP contribution in [0.5, 0.6) is 11.5 Å². The summed E-state index contributed by atoms with van der Waals surface area (Å²) >= 11 is 0. The molecule has 8 nitrogen and oxygen atoms in total. The first kappa shape index (κ1) is 26.1. The monoisotopic (exact) mass is 520 g/mol. The molecule has 0 saturated carbocycles. The smallest absolute Gasteiger partial charge is 0.309 e. The summed E-state index contributed by atoms with van der Waals surface area (Å²) in [6.45, 7) is 8.53. The first-order valence-corrected chi connectivity index (χ1v) is 13.8. The highest BCUT2D eigenvalue weighted by molar-refractivity contribution is 6.01. The van der Waals surface area contributed by atoms with Gasteiger partial charge in [0.15, 0.2) is 11.5 Å². The number of ether oxygens (including phenoxy) is 3. The van der Waals surface area contributed by atoms with E-state index in [1.807, 2.05) is 60.0 Å². The molecule has 0 spiro atoms. The summed E-state index contributed by atoms with van der Waals surface area (Å²) in [4.78, 5) is 43.9. The normalized spacial score (nSPS) is 20.8. The molecular weight excluding hydrogens is 484 g/mol. The molecule has 1 saturated heterocycles. The maximum absolute atomic E-state index is 14.3. The molecule has 5 rings (SSSR count). The lowest BCUT2D eigenvalue weighted by Crippen LogP contribution is -2.52. The Morgan fingerprint density at radius 3 is 2.26 bits per heavy atom. The highest BCUT2D eigenvalue weighted by Gasteiger charge is 2.48. The number of hydrogen-bond donors (Lipinski definition) is 0. The molecule has 2 amide bonds. The van der Waals surface area contributed by atoms with Gasteiger partial charge in [0.1, 0.15) is 0 Å². The summed E-state index contributed by atoms with van der Waals surface area (Å²) < 4.78 is 17.0. The summed E-state index contributed by atoms with van der Waals surface area (Å²) in [5.74, 6) is 0.339. The topological polar surface area (TPSA) is 85.4 Å². The minimum absolute atomic E-state index is 0.0121. The Kier molecular flexibility index (Phi) is 7.58. The van der Waals surface area contributed by atoms with Gasteiger partial charge in [-0.15, -0.1) is 0 Å². The number of amides is 2. The quantitative estimate of drug-likeness (QED) is 0.511. The Hall–Kier alpha value is -3.55. The van der Waals surface area contributed by atoms with Crippen LogP contribution in [-0.4, -0.2) is 67.0 Å². The van der Waals surface area contributed by atoms with Crippen molar-refractivity contribution >= 4 is 17.8 Å². The third-order valence-electron chi connectivity index (χ3n) is 7.88. The Bertz CT molecular complexity index is 1220. The average Bonchev–Trinajstić information content (AvgIpc) is 2.94. The number of rotatable bonds is 7. The van der Waals surface area contributed by atoms with Crippen molar-refractivity contribution in [2.45, 2.75) is 52.0 Å². The molecule has 2 atom stereocenters. The number of carbonyl (C=O) groups excluding carboxylic acids is 3. The van der Waals surface area contributed by atoms with E-state index in [0.717, 1.165) is 16.7 Å². The van der Waals surface area contributed by atoms with Crippen LogP contribution in [-0.2, 0) is 20.7 Å². The molecule has 1 fully saturated rings. The molecule has 0 radical (unpaired) electrons. The first-order chi connectivity index (χ1) is 18.5. The van der Waals surface area contributed by atoms with E-state index in [-0.39, 0.29) is 23.7 Å². The lowest BCUT2D eigenvalue weighted by molar-refractivity contribution is -0.151. The van der Waals surface area contributed by atoms with Crippen molar-refractivity contribution in [2.24, 2.45) is 5.92 Å². The van der Waals surface area contributed by atoms with E-state index in [4.69, 9.17) is 14.2 Å². The van der Waals surface area contributed by atoms with Gasteiger partial charge in [0.2, 0.25) is 5.91 Å². The Labute approximate surface area is 223 Å². The van der Waals surface area contributed by atoms with Crippen LogP contribution in [0.15, 0.2) is 36.4 Å². The number of esters is 1. The molecule has 3 aliphatic rings. The Morgan fingerprint density at radius 2 is 1.58 bits per heavy atom. The third kappa shape index (κ3) is 4.61. The van der Waals surface area contributed by atoms with Crippen molar-refractivity contribution in [2.75, 3.05) is 39.5 Å². The van der Waals surface area contributed by atoms with Gasteiger partial charge in [0, 0.05) is 25.2 Å². The second kappa shape index (κ2) is 11.1. The molecule has 202 valence electrons. The lowest BCUT2D eigenvalue weighted by atomic mass is 9.75. The van der Waals surface area contributed by atoms with E-state index in [0.29, 0.717) is 75.8 Å². The number of piperidine rings is 1. The fraction of sp³-hybridized carbons (Fsp3) is 0.500. The highest BCUT2D eigenvalue weighted by Crippen LogP contribution is 2.49. The van der Waals surface area contributed by atoms with Crippen molar-refractivity contribution in [1.82, 2.24) is 9.80 Å². The number of benzene rings is 2. The van der Waals surface area contributed by atoms with Gasteiger partial charge in [-0.25, -0.2) is 0 Å². The van der Waals surface area contributed by atoms with Crippen molar-refractivity contribution in [3.63, 3.8) is 0 Å². The largest absolute Gasteiger partial charge is 0.490 e. The van der Waals surface area contributed by atoms with Crippen LogP contribution in [0.25, 0.3) is 0 Å². The minimum Gasteiger partial charge on any atom is -0.490 e. The van der Waals surface area contributed by atoms with Crippen LogP contribution in [0, 0.1) is 5.92 Å². The molecule has 8 heteroatoms. The number of nitrogens with zero attached hydrogens (tertiary/aromatic N) is 2. The standard InChI is InChI=1S/C30H36N2O6/c1-4-36-24-17-20-13-16-32-27(23(20)18-25(24)37-5-2)26(21-9-7-8-10-22(21)28(32)33)29(34)31-14-11-19(12-15-31)30(35)38-6-3/h7-10,17-19,26-27H,4-6,11-16H2,1-3H3/t26-,27-/m1/s1. The molecule has 0 bridgehead atoms. The molecule has 0 aliphatic carbocycles. The molecule has 3 heterocycles. The number of fused-ring (bicyclic) bond motifs is 4. The van der Waals surface area contributed by atoms with Gasteiger partial charge in [0.25, 0.3) is 5.91 Å². The van der Waals surface area contributed by atoms with Crippen LogP contribution in [0.4, 0.5) is 0 Å². The van der Waals surface area contributed by atoms with Crippen molar-refractivity contribution < 1.29 is 28.6 Å². The number of carbonyl (C=O) groups is 3. The van der Waals surface area contributed by atoms with Crippen LogP contribution >= 0.6 is 0 Å². The molecule has 38 heavy (non-hydrogen) atoms. The van der Waals surface area contributed by atoms with E-state index in [2.05, 4.69) is 0 Å². The summed E-state index contributed by atoms with van der Waals surface area (Å²) in [7, 11) is 0. The van der Waals surface area contributed by atoms with Gasteiger partial charge < -0.3 is 24.0 Å². The van der Waals surface area contributed by atoms with Crippen molar-refractivity contribution in [3.05, 3.63) is 58.7 Å². The van der Waals surface area contributed by atoms with E-state index in [1.165, 1.54) is 0 Å². The molecule has 0 aromatic heterocycles. The fourth-order valence-electron chi connectivity index (χ4n) is 6.13. The number of hydrogen-bond acceptors (Lipinski definition) is 6. The molecule has 2 aromatic rings. The molecule has 3 aliphatic heterocycles.